The van der Waals surface area contributed by atoms with Gasteiger partial charge in [-0.05, 0) is 6.54 Å². The molecule has 2 aromatic rings. The van der Waals surface area contributed by atoms with Crippen LogP contribution in [0.4, 0.5) is 0 Å². The summed E-state index contributed by atoms with van der Waals surface area (Å²) in [5.41, 5.74) is 5.34. The number of H-pyrrole nitrogens is 1. The summed E-state index contributed by atoms with van der Waals surface area (Å²) in [6.07, 6.45) is 0.545. The van der Waals surface area contributed by atoms with Gasteiger partial charge in [-0.3, -0.25) is 14.3 Å². The lowest BCUT2D eigenvalue weighted by Crippen LogP contribution is -2.32. The van der Waals surface area contributed by atoms with Crippen LogP contribution in [-0.2, 0) is 24.8 Å². The molecule has 2 aromatic heterocycles. The van der Waals surface area contributed by atoms with Crippen molar-refractivity contribution in [3.05, 3.63) is 26.7 Å². The molecule has 0 aliphatic heterocycles. The summed E-state index contributed by atoms with van der Waals surface area (Å²) in [7, 11) is 3.28. The first-order valence-electron chi connectivity index (χ1n) is 5.97. The Balaban J connectivity index is 2.71. The molecule has 0 amide bonds. The molecule has 19 heavy (non-hydrogen) atoms. The maximum absolute atomic E-state index is 11.9. The Kier molecular flexibility index (Phi) is 3.82. The van der Waals surface area contributed by atoms with Crippen molar-refractivity contribution in [1.29, 1.82) is 0 Å². The second-order valence-electron chi connectivity index (χ2n) is 4.20. The molecule has 104 valence electrons. The second kappa shape index (κ2) is 5.37. The number of fused-ring (bicyclic) bond motifs is 1. The van der Waals surface area contributed by atoms with Crippen molar-refractivity contribution in [3.63, 3.8) is 0 Å². The first kappa shape index (κ1) is 13.5. The Bertz CT molecular complexity index is 697. The van der Waals surface area contributed by atoms with Crippen molar-refractivity contribution >= 4 is 11.2 Å². The summed E-state index contributed by atoms with van der Waals surface area (Å²) in [5.74, 6) is 0.680. The average molecular weight is 267 g/mol. The van der Waals surface area contributed by atoms with E-state index in [1.54, 1.807) is 18.7 Å². The van der Waals surface area contributed by atoms with Gasteiger partial charge in [0, 0.05) is 20.6 Å². The van der Waals surface area contributed by atoms with Crippen molar-refractivity contribution < 1.29 is 4.74 Å². The van der Waals surface area contributed by atoms with Crippen molar-refractivity contribution in [2.75, 3.05) is 20.3 Å². The number of nitrogens with one attached hydrogen (secondary N) is 1. The largest absolute Gasteiger partial charge is 0.383 e. The number of aryl methyl sites for hydroxylation is 1. The Morgan fingerprint density at radius 1 is 1.42 bits per heavy atom. The van der Waals surface area contributed by atoms with Gasteiger partial charge in [0.15, 0.2) is 11.2 Å². The molecule has 0 saturated carbocycles. The van der Waals surface area contributed by atoms with Gasteiger partial charge in [-0.15, -0.1) is 0 Å². The van der Waals surface area contributed by atoms with Gasteiger partial charge in [-0.25, -0.2) is 9.78 Å². The predicted molar refractivity (Wildman–Crippen MR) is 70.2 cm³/mol. The summed E-state index contributed by atoms with van der Waals surface area (Å²) in [5, 5.41) is 0. The Hall–Kier alpha value is -1.93. The lowest BCUT2D eigenvalue weighted by Gasteiger charge is -2.04. The number of aromatic amines is 1. The number of hydrogen-bond acceptors (Lipinski definition) is 5. The molecule has 2 rings (SSSR count). The van der Waals surface area contributed by atoms with Crippen LogP contribution in [-0.4, -0.2) is 39.4 Å². The van der Waals surface area contributed by atoms with Crippen LogP contribution < -0.4 is 17.0 Å². The minimum absolute atomic E-state index is 0.335. The molecule has 0 spiro atoms. The van der Waals surface area contributed by atoms with E-state index < -0.39 is 11.2 Å². The summed E-state index contributed by atoms with van der Waals surface area (Å²) in [6, 6.07) is 0. The highest BCUT2D eigenvalue weighted by molar-refractivity contribution is 5.70. The summed E-state index contributed by atoms with van der Waals surface area (Å²) >= 11 is 0. The molecule has 0 fully saturated rings. The minimum Gasteiger partial charge on any atom is -0.383 e. The first-order chi connectivity index (χ1) is 9.10. The Morgan fingerprint density at radius 2 is 2.16 bits per heavy atom. The maximum Gasteiger partial charge on any atom is 0.330 e. The van der Waals surface area contributed by atoms with Crippen LogP contribution in [0.15, 0.2) is 9.59 Å². The Labute approximate surface area is 108 Å². The molecule has 0 aromatic carbocycles. The van der Waals surface area contributed by atoms with Crippen molar-refractivity contribution in [2.24, 2.45) is 12.8 Å². The third-order valence-corrected chi connectivity index (χ3v) is 2.99. The third kappa shape index (κ3) is 2.32. The number of nitrogens with zero attached hydrogens (tertiary/aromatic N) is 3. The average Bonchev–Trinajstić information content (AvgIpc) is 2.68. The number of hydrogen-bond donors (Lipinski definition) is 2. The Morgan fingerprint density at radius 3 is 2.79 bits per heavy atom. The number of aromatic nitrogens is 4. The summed E-state index contributed by atoms with van der Waals surface area (Å²) in [6.45, 7) is 1.13. The number of rotatable bonds is 5. The van der Waals surface area contributed by atoms with Crippen molar-refractivity contribution in [2.45, 2.75) is 13.0 Å². The molecule has 2 heterocycles. The molecule has 0 saturated heterocycles. The van der Waals surface area contributed by atoms with Gasteiger partial charge in [-0.1, -0.05) is 0 Å². The zero-order valence-electron chi connectivity index (χ0n) is 11.0. The fourth-order valence-electron chi connectivity index (χ4n) is 2.03. The van der Waals surface area contributed by atoms with Gasteiger partial charge in [-0.2, -0.15) is 0 Å². The monoisotopic (exact) mass is 267 g/mol. The molecule has 0 aliphatic carbocycles. The lowest BCUT2D eigenvalue weighted by atomic mass is 10.4. The van der Waals surface area contributed by atoms with Crippen LogP contribution in [0.3, 0.4) is 0 Å². The highest BCUT2D eigenvalue weighted by atomic mass is 16.5. The lowest BCUT2D eigenvalue weighted by molar-refractivity contribution is 0.187. The highest BCUT2D eigenvalue weighted by Gasteiger charge is 2.15. The normalized spacial score (nSPS) is 11.3. The summed E-state index contributed by atoms with van der Waals surface area (Å²) in [4.78, 5) is 30.3. The van der Waals surface area contributed by atoms with E-state index in [2.05, 4.69) is 9.97 Å². The number of nitrogens with two attached hydrogens (primary N) is 1. The molecule has 0 radical (unpaired) electrons. The number of ether oxygens (including phenoxy) is 1. The zero-order valence-corrected chi connectivity index (χ0v) is 11.0. The molecular weight excluding hydrogens is 250 g/mol. The number of methoxy groups -OCH3 is 1. The van der Waals surface area contributed by atoms with Gasteiger partial charge in [0.05, 0.1) is 13.2 Å². The van der Waals surface area contributed by atoms with Gasteiger partial charge >= 0.3 is 5.69 Å². The third-order valence-electron chi connectivity index (χ3n) is 2.99. The minimum atomic E-state index is -0.480. The molecule has 8 heteroatoms. The van der Waals surface area contributed by atoms with E-state index >= 15 is 0 Å². The van der Waals surface area contributed by atoms with Crippen LogP contribution in [0.2, 0.25) is 0 Å². The topological polar surface area (TPSA) is 108 Å². The van der Waals surface area contributed by atoms with Gasteiger partial charge in [0.1, 0.15) is 5.82 Å². The first-order valence-corrected chi connectivity index (χ1v) is 5.97. The predicted octanol–water partition coefficient (Wildman–Crippen LogP) is -1.43. The van der Waals surface area contributed by atoms with E-state index in [-0.39, 0.29) is 0 Å². The van der Waals surface area contributed by atoms with E-state index in [1.165, 1.54) is 4.57 Å². The standard InChI is InChI=1S/C11H17N5O3/c1-15-7(3-4-12)13-9-8(15)10(17)14-11(18)16(9)5-6-19-2/h3-6,12H2,1-2H3,(H,14,17,18). The van der Waals surface area contributed by atoms with E-state index in [4.69, 9.17) is 10.5 Å². The molecule has 0 bridgehead atoms. The van der Waals surface area contributed by atoms with E-state index in [9.17, 15) is 9.59 Å². The zero-order chi connectivity index (χ0) is 14.0. The van der Waals surface area contributed by atoms with E-state index in [1.807, 2.05) is 0 Å². The summed E-state index contributed by atoms with van der Waals surface area (Å²) < 4.78 is 8.03. The van der Waals surface area contributed by atoms with Gasteiger partial charge in [0.25, 0.3) is 5.56 Å². The highest BCUT2D eigenvalue weighted by Crippen LogP contribution is 2.09. The van der Waals surface area contributed by atoms with E-state index in [0.717, 1.165) is 0 Å². The van der Waals surface area contributed by atoms with E-state index in [0.29, 0.717) is 43.1 Å². The maximum atomic E-state index is 11.9. The van der Waals surface area contributed by atoms with Crippen LogP contribution in [0.25, 0.3) is 11.2 Å². The number of imidazole rings is 1. The smallest absolute Gasteiger partial charge is 0.330 e. The fourth-order valence-corrected chi connectivity index (χ4v) is 2.03. The molecule has 8 nitrogen and oxygen atoms in total. The van der Waals surface area contributed by atoms with Crippen LogP contribution in [0.5, 0.6) is 0 Å². The second-order valence-corrected chi connectivity index (χ2v) is 4.20. The molecule has 0 unspecified atom stereocenters. The van der Waals surface area contributed by atoms with Gasteiger partial charge in [0.2, 0.25) is 0 Å². The van der Waals surface area contributed by atoms with Crippen molar-refractivity contribution in [3.8, 4) is 0 Å². The molecular formula is C11H17N5O3. The quantitative estimate of drug-likeness (QED) is 0.690. The van der Waals surface area contributed by atoms with Crippen LogP contribution >= 0.6 is 0 Å². The van der Waals surface area contributed by atoms with Crippen molar-refractivity contribution in [1.82, 2.24) is 19.1 Å². The SMILES string of the molecule is COCCn1c(=O)[nH]c(=O)c2c1nc(CCN)n2C. The molecule has 3 N–H and O–H groups in total. The van der Waals surface area contributed by atoms with Crippen LogP contribution in [0.1, 0.15) is 5.82 Å². The fraction of sp³-hybridized carbons (Fsp3) is 0.545. The van der Waals surface area contributed by atoms with Gasteiger partial charge < -0.3 is 15.0 Å². The van der Waals surface area contributed by atoms with Crippen LogP contribution in [0, 0.1) is 0 Å². The molecule has 0 aliphatic rings. The molecule has 0 atom stereocenters.